The highest BCUT2D eigenvalue weighted by atomic mass is 28.5. The van der Waals surface area contributed by atoms with Gasteiger partial charge in [0.25, 0.3) is 0 Å². The van der Waals surface area contributed by atoms with Gasteiger partial charge in [0.1, 0.15) is 0 Å². The van der Waals surface area contributed by atoms with E-state index in [1.165, 1.54) is 10.4 Å². The van der Waals surface area contributed by atoms with E-state index in [1.54, 1.807) is 0 Å². The highest BCUT2D eigenvalue weighted by Crippen LogP contribution is 2.27. The Labute approximate surface area is 156 Å². The Morgan fingerprint density at radius 3 is 1.20 bits per heavy atom. The maximum absolute atomic E-state index is 6.96. The van der Waals surface area contributed by atoms with Crippen LogP contribution in [0, 0.1) is 0 Å². The van der Waals surface area contributed by atoms with Gasteiger partial charge in [-0.05, 0) is 48.6 Å². The molecule has 136 valence electrons. The molecular weight excluding hydrogens is 356 g/mol. The van der Waals surface area contributed by atoms with Gasteiger partial charge in [0, 0.05) is 0 Å². The molecule has 2 nitrogen and oxygen atoms in total. The van der Waals surface area contributed by atoms with E-state index in [0.29, 0.717) is 0 Å². The topological polar surface area (TPSA) is 18.5 Å². The van der Waals surface area contributed by atoms with E-state index >= 15 is 0 Å². The van der Waals surface area contributed by atoms with Gasteiger partial charge in [0.15, 0.2) is 0 Å². The molecule has 2 aromatic carbocycles. The third kappa shape index (κ3) is 5.01. The van der Waals surface area contributed by atoms with Crippen molar-refractivity contribution in [2.45, 2.75) is 52.1 Å². The van der Waals surface area contributed by atoms with Crippen LogP contribution in [0.25, 0.3) is 0 Å². The summed E-state index contributed by atoms with van der Waals surface area (Å²) in [7, 11) is -6.25. The van der Waals surface area contributed by atoms with Crippen LogP contribution in [0.4, 0.5) is 0 Å². The molecule has 0 unspecified atom stereocenters. The average Bonchev–Trinajstić information content (AvgIpc) is 2.62. The molecule has 0 bridgehead atoms. The predicted octanol–water partition coefficient (Wildman–Crippen LogP) is 4.73. The molecule has 25 heavy (non-hydrogen) atoms. The van der Waals surface area contributed by atoms with E-state index in [-0.39, 0.29) is 0 Å². The van der Waals surface area contributed by atoms with Gasteiger partial charge < -0.3 is 8.23 Å². The van der Waals surface area contributed by atoms with Gasteiger partial charge in [0.2, 0.25) is 16.6 Å². The zero-order chi connectivity index (χ0) is 18.6. The molecule has 0 saturated heterocycles. The molecule has 0 aliphatic carbocycles. The monoisotopic (exact) mass is 388 g/mol. The third-order valence-corrected chi connectivity index (χ3v) is 17.6. The smallest absolute Gasteiger partial charge is 0.317 e. The fourth-order valence-corrected chi connectivity index (χ4v) is 17.0. The Kier molecular flexibility index (Phi) is 6.62. The van der Waals surface area contributed by atoms with Crippen molar-refractivity contribution in [2.24, 2.45) is 0 Å². The van der Waals surface area contributed by atoms with Crippen LogP contribution in [0.2, 0.25) is 38.3 Å². The van der Waals surface area contributed by atoms with Crippen LogP contribution in [0.1, 0.15) is 13.8 Å². The summed E-state index contributed by atoms with van der Waals surface area (Å²) in [5, 5.41) is 2.69. The largest absolute Gasteiger partial charge is 0.432 e. The van der Waals surface area contributed by atoms with Gasteiger partial charge >= 0.3 is 8.56 Å². The normalized spacial score (nSPS) is 13.0. The first-order chi connectivity index (χ1) is 11.7. The van der Waals surface area contributed by atoms with Crippen molar-refractivity contribution in [1.29, 1.82) is 0 Å². The maximum atomic E-state index is 6.96. The van der Waals surface area contributed by atoms with E-state index in [9.17, 15) is 0 Å². The Hall–Kier alpha value is -0.989. The van der Waals surface area contributed by atoms with E-state index < -0.39 is 25.2 Å². The molecule has 0 spiro atoms. The van der Waals surface area contributed by atoms with Gasteiger partial charge in [-0.25, -0.2) is 0 Å². The minimum absolute atomic E-state index is 0.996. The van der Waals surface area contributed by atoms with Crippen LogP contribution >= 0.6 is 0 Å². The van der Waals surface area contributed by atoms with Crippen molar-refractivity contribution in [3.05, 3.63) is 60.7 Å². The lowest BCUT2D eigenvalue weighted by Gasteiger charge is -2.42. The molecule has 0 saturated carbocycles. The zero-order valence-electron chi connectivity index (χ0n) is 16.5. The standard InChI is InChI=1S/C20H32O2Si3/c1-7-25(8-2,21-23(3,4)19-15-11-9-12-16-19)22-24(5,6)20-17-13-10-14-18-20/h9-18H,7-8H2,1-6H3. The van der Waals surface area contributed by atoms with Crippen LogP contribution in [0.5, 0.6) is 0 Å². The number of benzene rings is 2. The van der Waals surface area contributed by atoms with E-state index in [0.717, 1.165) is 12.1 Å². The van der Waals surface area contributed by atoms with Crippen molar-refractivity contribution in [2.75, 3.05) is 0 Å². The van der Waals surface area contributed by atoms with Crippen molar-refractivity contribution in [3.8, 4) is 0 Å². The lowest BCUT2D eigenvalue weighted by Crippen LogP contribution is -2.61. The SMILES string of the molecule is CC[Si](CC)(O[Si](C)(C)c1ccccc1)O[Si](C)(C)c1ccccc1. The molecule has 5 heteroatoms. The second-order valence-electron chi connectivity index (χ2n) is 7.57. The summed E-state index contributed by atoms with van der Waals surface area (Å²) in [5.74, 6) is 0. The molecule has 0 aliphatic heterocycles. The summed E-state index contributed by atoms with van der Waals surface area (Å²) in [6.07, 6.45) is 0. The highest BCUT2D eigenvalue weighted by Gasteiger charge is 2.45. The molecule has 0 aromatic heterocycles. The van der Waals surface area contributed by atoms with E-state index in [1.807, 2.05) is 0 Å². The summed E-state index contributed by atoms with van der Waals surface area (Å²) < 4.78 is 13.9. The summed E-state index contributed by atoms with van der Waals surface area (Å²) in [6, 6.07) is 23.4. The molecular formula is C20H32O2Si3. The van der Waals surface area contributed by atoms with Crippen molar-refractivity contribution >= 4 is 35.6 Å². The lowest BCUT2D eigenvalue weighted by molar-refractivity contribution is 0.382. The first-order valence-electron chi connectivity index (χ1n) is 9.26. The summed E-state index contributed by atoms with van der Waals surface area (Å²) in [4.78, 5) is 0. The molecule has 0 amide bonds. The van der Waals surface area contributed by atoms with Crippen LogP contribution in [-0.4, -0.2) is 25.2 Å². The predicted molar refractivity (Wildman–Crippen MR) is 116 cm³/mol. The average molecular weight is 389 g/mol. The second kappa shape index (κ2) is 8.14. The first-order valence-corrected chi connectivity index (χ1v) is 17.3. The minimum Gasteiger partial charge on any atom is -0.432 e. The van der Waals surface area contributed by atoms with E-state index in [4.69, 9.17) is 8.23 Å². The minimum atomic E-state index is -2.26. The molecule has 0 aliphatic rings. The Bertz CT molecular complexity index is 598. The van der Waals surface area contributed by atoms with Gasteiger partial charge in [-0.3, -0.25) is 0 Å². The molecule has 0 heterocycles. The van der Waals surface area contributed by atoms with Crippen LogP contribution < -0.4 is 10.4 Å². The fourth-order valence-electron chi connectivity index (χ4n) is 3.29. The first kappa shape index (κ1) is 20.3. The van der Waals surface area contributed by atoms with Gasteiger partial charge in [-0.1, -0.05) is 74.5 Å². The van der Waals surface area contributed by atoms with Gasteiger partial charge in [-0.2, -0.15) is 0 Å². The number of rotatable bonds is 8. The molecule has 0 N–H and O–H groups in total. The van der Waals surface area contributed by atoms with Crippen molar-refractivity contribution in [1.82, 2.24) is 0 Å². The maximum Gasteiger partial charge on any atom is 0.317 e. The summed E-state index contributed by atoms with van der Waals surface area (Å²) in [6.45, 7) is 13.7. The Morgan fingerprint density at radius 2 is 0.920 bits per heavy atom. The van der Waals surface area contributed by atoms with Crippen LogP contribution in [0.15, 0.2) is 60.7 Å². The number of hydrogen-bond acceptors (Lipinski definition) is 2. The highest BCUT2D eigenvalue weighted by molar-refractivity contribution is 6.96. The molecule has 0 fully saturated rings. The Balaban J connectivity index is 2.29. The molecule has 0 atom stereocenters. The summed E-state index contributed by atoms with van der Waals surface area (Å²) >= 11 is 0. The van der Waals surface area contributed by atoms with Crippen LogP contribution in [-0.2, 0) is 8.23 Å². The lowest BCUT2D eigenvalue weighted by atomic mass is 10.4. The van der Waals surface area contributed by atoms with Crippen molar-refractivity contribution in [3.63, 3.8) is 0 Å². The van der Waals surface area contributed by atoms with Gasteiger partial charge in [0.05, 0.1) is 0 Å². The summed E-state index contributed by atoms with van der Waals surface area (Å²) in [5.41, 5.74) is 0. The quantitative estimate of drug-likeness (QED) is 0.609. The molecule has 2 aromatic rings. The molecule has 2 rings (SSSR count). The van der Waals surface area contributed by atoms with Crippen LogP contribution in [0.3, 0.4) is 0 Å². The Morgan fingerprint density at radius 1 is 0.600 bits per heavy atom. The number of hydrogen-bond donors (Lipinski definition) is 0. The van der Waals surface area contributed by atoms with Crippen molar-refractivity contribution < 1.29 is 8.23 Å². The molecule has 0 radical (unpaired) electrons. The third-order valence-electron chi connectivity index (χ3n) is 4.90. The fraction of sp³-hybridized carbons (Fsp3) is 0.400. The van der Waals surface area contributed by atoms with Gasteiger partial charge in [-0.15, -0.1) is 0 Å². The zero-order valence-corrected chi connectivity index (χ0v) is 19.5. The van der Waals surface area contributed by atoms with E-state index in [2.05, 4.69) is 101 Å². The second-order valence-corrected chi connectivity index (χ2v) is 19.6.